The van der Waals surface area contributed by atoms with E-state index in [1.165, 1.54) is 0 Å². The number of amides is 2. The van der Waals surface area contributed by atoms with Crippen molar-refractivity contribution < 1.29 is 9.28 Å². The maximum atomic E-state index is 12.3. The van der Waals surface area contributed by atoms with Crippen molar-refractivity contribution >= 4 is 34.9 Å². The van der Waals surface area contributed by atoms with E-state index in [9.17, 15) is 4.79 Å². The van der Waals surface area contributed by atoms with E-state index in [4.69, 9.17) is 23.2 Å². The molecular formula is C22H29Cl2N4O+. The lowest BCUT2D eigenvalue weighted by atomic mass is 9.84. The van der Waals surface area contributed by atoms with Crippen LogP contribution in [0.4, 0.5) is 10.5 Å². The Labute approximate surface area is 183 Å². The molecule has 1 unspecified atom stereocenters. The zero-order valence-electron chi connectivity index (χ0n) is 17.4. The van der Waals surface area contributed by atoms with Crippen LogP contribution in [0.2, 0.25) is 10.0 Å². The van der Waals surface area contributed by atoms with Gasteiger partial charge in [0.05, 0.1) is 34.2 Å². The van der Waals surface area contributed by atoms with Crippen molar-refractivity contribution in [3.8, 4) is 0 Å². The normalized spacial score (nSPS) is 17.0. The first-order valence-electron chi connectivity index (χ1n) is 9.74. The summed E-state index contributed by atoms with van der Waals surface area (Å²) < 4.78 is 0.801. The second-order valence-corrected chi connectivity index (χ2v) is 9.57. The summed E-state index contributed by atoms with van der Waals surface area (Å²) in [5, 5.41) is 7.21. The second kappa shape index (κ2) is 8.92. The quantitative estimate of drug-likeness (QED) is 0.683. The topological polar surface area (TPSA) is 44.4 Å². The molecule has 1 aliphatic rings. The van der Waals surface area contributed by atoms with Crippen molar-refractivity contribution in [1.29, 1.82) is 0 Å². The van der Waals surface area contributed by atoms with Gasteiger partial charge in [-0.3, -0.25) is 0 Å². The van der Waals surface area contributed by atoms with Gasteiger partial charge in [-0.2, -0.15) is 0 Å². The average Bonchev–Trinajstić information content (AvgIpc) is 2.61. The lowest BCUT2D eigenvalue weighted by molar-refractivity contribution is -0.869. The third-order valence-corrected chi connectivity index (χ3v) is 5.66. The molecule has 0 aliphatic carbocycles. The van der Waals surface area contributed by atoms with E-state index in [0.717, 1.165) is 46.5 Å². The smallest absolute Gasteiger partial charge is 0.319 e. The predicted molar refractivity (Wildman–Crippen MR) is 121 cm³/mol. The van der Waals surface area contributed by atoms with Crippen LogP contribution in [0.15, 0.2) is 36.4 Å². The maximum Gasteiger partial charge on any atom is 0.319 e. The van der Waals surface area contributed by atoms with Crippen molar-refractivity contribution in [3.05, 3.63) is 63.1 Å². The summed E-state index contributed by atoms with van der Waals surface area (Å²) >= 11 is 12.8. The maximum absolute atomic E-state index is 12.3. The zero-order valence-corrected chi connectivity index (χ0v) is 18.9. The van der Waals surface area contributed by atoms with Crippen LogP contribution in [-0.4, -0.2) is 63.2 Å². The van der Waals surface area contributed by atoms with Crippen LogP contribution in [0, 0.1) is 0 Å². The number of urea groups is 1. The molecule has 0 aromatic heterocycles. The molecule has 0 fully saturated rings. The predicted octanol–water partition coefficient (Wildman–Crippen LogP) is 4.40. The molecular weight excluding hydrogens is 407 g/mol. The van der Waals surface area contributed by atoms with Gasteiger partial charge in [0, 0.05) is 34.7 Å². The number of fused-ring (bicyclic) bond motifs is 1. The number of hydrogen-bond acceptors (Lipinski definition) is 2. The highest BCUT2D eigenvalue weighted by Crippen LogP contribution is 2.38. The lowest BCUT2D eigenvalue weighted by Crippen LogP contribution is -2.42. The van der Waals surface area contributed by atoms with Gasteiger partial charge in [0.25, 0.3) is 0 Å². The minimum absolute atomic E-state index is 0.142. The third kappa shape index (κ3) is 5.86. The highest BCUT2D eigenvalue weighted by atomic mass is 35.5. The monoisotopic (exact) mass is 435 g/mol. The van der Waals surface area contributed by atoms with E-state index in [0.29, 0.717) is 16.6 Å². The van der Waals surface area contributed by atoms with E-state index in [-0.39, 0.29) is 11.9 Å². The summed E-state index contributed by atoms with van der Waals surface area (Å²) in [6.07, 6.45) is 0. The fourth-order valence-corrected chi connectivity index (χ4v) is 4.21. The first-order valence-corrected chi connectivity index (χ1v) is 10.5. The van der Waals surface area contributed by atoms with Crippen molar-refractivity contribution in [2.24, 2.45) is 0 Å². The van der Waals surface area contributed by atoms with E-state index < -0.39 is 0 Å². The molecule has 3 rings (SSSR count). The summed E-state index contributed by atoms with van der Waals surface area (Å²) in [6.45, 7) is 3.14. The Bertz CT molecular complexity index is 895. The first-order chi connectivity index (χ1) is 13.6. The summed E-state index contributed by atoms with van der Waals surface area (Å²) in [5.41, 5.74) is 4.17. The van der Waals surface area contributed by atoms with Crippen molar-refractivity contribution in [1.82, 2.24) is 10.2 Å². The highest BCUT2D eigenvalue weighted by molar-refractivity contribution is 6.35. The van der Waals surface area contributed by atoms with Gasteiger partial charge in [-0.05, 0) is 48.0 Å². The van der Waals surface area contributed by atoms with Gasteiger partial charge in [0.15, 0.2) is 0 Å². The summed E-state index contributed by atoms with van der Waals surface area (Å²) in [7, 11) is 8.38. The number of benzene rings is 2. The Morgan fingerprint density at radius 2 is 1.97 bits per heavy atom. The number of likely N-dealkylation sites (N-methyl/N-ethyl adjacent to an activating group) is 2. The molecule has 0 saturated heterocycles. The molecule has 2 N–H and O–H groups in total. The zero-order chi connectivity index (χ0) is 21.2. The number of quaternary nitrogens is 1. The molecule has 1 heterocycles. The molecule has 2 aromatic carbocycles. The van der Waals surface area contributed by atoms with Gasteiger partial charge in [-0.15, -0.1) is 0 Å². The van der Waals surface area contributed by atoms with Crippen LogP contribution in [0.3, 0.4) is 0 Å². The Hall–Kier alpha value is -1.79. The van der Waals surface area contributed by atoms with Gasteiger partial charge in [-0.25, -0.2) is 4.79 Å². The third-order valence-electron chi connectivity index (χ3n) is 5.11. The fraction of sp³-hybridized carbons (Fsp3) is 0.409. The molecule has 0 bridgehead atoms. The van der Waals surface area contributed by atoms with Gasteiger partial charge in [0.2, 0.25) is 0 Å². The minimum Gasteiger partial charge on any atom is -0.332 e. The number of anilines is 1. The van der Waals surface area contributed by atoms with E-state index in [1.54, 1.807) is 6.07 Å². The highest BCUT2D eigenvalue weighted by Gasteiger charge is 2.27. The molecule has 156 valence electrons. The molecule has 0 saturated carbocycles. The molecule has 1 atom stereocenters. The van der Waals surface area contributed by atoms with Gasteiger partial charge in [-0.1, -0.05) is 35.3 Å². The molecule has 5 nitrogen and oxygen atoms in total. The number of rotatable bonds is 5. The SMILES string of the molecule is CN1Cc2c(Cl)cc(Cl)cc2C(c2cccc(NC(=O)NCC[N+](C)(C)C)c2)C1. The Morgan fingerprint density at radius 1 is 1.21 bits per heavy atom. The Kier molecular flexibility index (Phi) is 6.74. The van der Waals surface area contributed by atoms with Gasteiger partial charge in [0.1, 0.15) is 0 Å². The summed E-state index contributed by atoms with van der Waals surface area (Å²) in [6, 6.07) is 11.6. The first kappa shape index (κ1) is 21.9. The molecule has 2 aromatic rings. The molecule has 2 amide bonds. The van der Waals surface area contributed by atoms with Crippen LogP contribution in [0.25, 0.3) is 0 Å². The number of nitrogens with zero attached hydrogens (tertiary/aromatic N) is 2. The summed E-state index contributed by atoms with van der Waals surface area (Å²) in [5.74, 6) is 0.142. The number of hydrogen-bond donors (Lipinski definition) is 2. The van der Waals surface area contributed by atoms with Crippen LogP contribution in [0.1, 0.15) is 22.6 Å². The molecule has 1 aliphatic heterocycles. The number of nitrogens with one attached hydrogen (secondary N) is 2. The minimum atomic E-state index is -0.192. The average molecular weight is 436 g/mol. The molecule has 7 heteroatoms. The Morgan fingerprint density at radius 3 is 2.69 bits per heavy atom. The molecule has 29 heavy (non-hydrogen) atoms. The largest absolute Gasteiger partial charge is 0.332 e. The lowest BCUT2D eigenvalue weighted by Gasteiger charge is -2.33. The van der Waals surface area contributed by atoms with Crippen LogP contribution in [0.5, 0.6) is 0 Å². The number of carbonyl (C=O) groups excluding carboxylic acids is 1. The van der Waals surface area contributed by atoms with Gasteiger partial charge >= 0.3 is 6.03 Å². The Balaban J connectivity index is 1.77. The standard InChI is InChI=1S/C22H28Cl2N4O/c1-27-13-19(18-11-16(23)12-21(24)20(18)14-27)15-6-5-7-17(10-15)26-22(29)25-8-9-28(2,3)4/h5-7,10-12,19H,8-9,13-14H2,1-4H3,(H-,25,26,29)/p+1. The van der Waals surface area contributed by atoms with E-state index >= 15 is 0 Å². The van der Waals surface area contributed by atoms with Crippen molar-refractivity contribution in [3.63, 3.8) is 0 Å². The van der Waals surface area contributed by atoms with Crippen molar-refractivity contribution in [2.75, 3.05) is 53.1 Å². The van der Waals surface area contributed by atoms with Crippen LogP contribution in [-0.2, 0) is 6.54 Å². The molecule has 0 spiro atoms. The van der Waals surface area contributed by atoms with Crippen molar-refractivity contribution in [2.45, 2.75) is 12.5 Å². The van der Waals surface area contributed by atoms with Gasteiger partial charge < -0.3 is 20.0 Å². The van der Waals surface area contributed by atoms with Crippen LogP contribution >= 0.6 is 23.2 Å². The van der Waals surface area contributed by atoms with E-state index in [1.807, 2.05) is 24.3 Å². The fourth-order valence-electron chi connectivity index (χ4n) is 3.64. The second-order valence-electron chi connectivity index (χ2n) is 8.73. The summed E-state index contributed by atoms with van der Waals surface area (Å²) in [4.78, 5) is 14.5. The van der Waals surface area contributed by atoms with E-state index in [2.05, 4.69) is 49.8 Å². The number of carbonyl (C=O) groups is 1. The van der Waals surface area contributed by atoms with Crippen LogP contribution < -0.4 is 10.6 Å². The number of halogens is 2. The molecule has 0 radical (unpaired) electrons.